The molecule has 26 heavy (non-hydrogen) atoms. The van der Waals surface area contributed by atoms with Crippen molar-refractivity contribution in [3.63, 3.8) is 0 Å². The lowest BCUT2D eigenvalue weighted by Crippen LogP contribution is -2.04. The fourth-order valence-electron chi connectivity index (χ4n) is 2.77. The summed E-state index contributed by atoms with van der Waals surface area (Å²) in [5, 5.41) is 8.40. The Balaban J connectivity index is 1.57. The maximum absolute atomic E-state index is 11.8. The van der Waals surface area contributed by atoms with Gasteiger partial charge < -0.3 is 13.6 Å². The molecule has 0 radical (unpaired) electrons. The van der Waals surface area contributed by atoms with E-state index in [9.17, 15) is 4.79 Å². The van der Waals surface area contributed by atoms with Gasteiger partial charge in [0.05, 0.1) is 0 Å². The van der Waals surface area contributed by atoms with Crippen LogP contribution in [0.25, 0.3) is 22.4 Å². The first-order chi connectivity index (χ1) is 12.7. The van der Waals surface area contributed by atoms with Crippen LogP contribution in [0.15, 0.2) is 68.6 Å². The average Bonchev–Trinajstić information content (AvgIpc) is 3.20. The first-order valence-electron chi connectivity index (χ1n) is 8.28. The Kier molecular flexibility index (Phi) is 4.23. The highest BCUT2D eigenvalue weighted by Gasteiger charge is 2.08. The van der Waals surface area contributed by atoms with Gasteiger partial charge in [-0.1, -0.05) is 19.1 Å². The molecule has 4 rings (SSSR count). The van der Waals surface area contributed by atoms with Crippen LogP contribution in [0.5, 0.6) is 5.75 Å². The molecule has 130 valence electrons. The normalized spacial score (nSPS) is 11.0. The molecule has 4 aromatic rings. The lowest BCUT2D eigenvalue weighted by Gasteiger charge is -2.09. The molecule has 0 N–H and O–H groups in total. The molecule has 0 aliphatic carbocycles. The van der Waals surface area contributed by atoms with Crippen molar-refractivity contribution >= 4 is 11.0 Å². The minimum Gasteiger partial charge on any atom is -0.489 e. The molecule has 2 aromatic heterocycles. The Bertz CT molecular complexity index is 1080. The van der Waals surface area contributed by atoms with Gasteiger partial charge in [-0.25, -0.2) is 4.79 Å². The van der Waals surface area contributed by atoms with E-state index in [4.69, 9.17) is 13.6 Å². The van der Waals surface area contributed by atoms with Gasteiger partial charge in [-0.15, -0.1) is 10.2 Å². The average molecular weight is 348 g/mol. The molecule has 0 saturated carbocycles. The Labute approximate surface area is 149 Å². The van der Waals surface area contributed by atoms with Crippen molar-refractivity contribution in [3.05, 3.63) is 76.5 Å². The molecular weight excluding hydrogens is 332 g/mol. The van der Waals surface area contributed by atoms with Crippen LogP contribution >= 0.6 is 0 Å². The van der Waals surface area contributed by atoms with Crippen molar-refractivity contribution in [3.8, 4) is 17.2 Å². The van der Waals surface area contributed by atoms with Crippen LogP contribution < -0.4 is 10.4 Å². The summed E-state index contributed by atoms with van der Waals surface area (Å²) in [6, 6.07) is 14.7. The second-order valence-electron chi connectivity index (χ2n) is 5.83. The van der Waals surface area contributed by atoms with Crippen molar-refractivity contribution in [2.75, 3.05) is 0 Å². The Morgan fingerprint density at radius 1 is 1.08 bits per heavy atom. The number of aryl methyl sites for hydroxylation is 1. The molecule has 0 aliphatic heterocycles. The third-order valence-corrected chi connectivity index (χ3v) is 4.16. The Morgan fingerprint density at radius 3 is 2.65 bits per heavy atom. The summed E-state index contributed by atoms with van der Waals surface area (Å²) in [5.41, 5.74) is 2.93. The van der Waals surface area contributed by atoms with Gasteiger partial charge in [-0.05, 0) is 42.3 Å². The summed E-state index contributed by atoms with van der Waals surface area (Å²) in [5.74, 6) is 1.13. The molecule has 6 nitrogen and oxygen atoms in total. The minimum absolute atomic E-state index is 0.271. The van der Waals surface area contributed by atoms with Crippen LogP contribution in [0.3, 0.4) is 0 Å². The molecule has 2 aromatic carbocycles. The van der Waals surface area contributed by atoms with Crippen LogP contribution in [0, 0.1) is 0 Å². The molecule has 0 saturated heterocycles. The van der Waals surface area contributed by atoms with E-state index in [1.165, 1.54) is 12.5 Å². The Morgan fingerprint density at radius 2 is 1.92 bits per heavy atom. The molecule has 0 amide bonds. The summed E-state index contributed by atoms with van der Waals surface area (Å²) >= 11 is 0. The maximum atomic E-state index is 11.8. The molecule has 2 heterocycles. The van der Waals surface area contributed by atoms with Gasteiger partial charge in [0.1, 0.15) is 17.9 Å². The quantitative estimate of drug-likeness (QED) is 0.508. The number of hydrogen-bond donors (Lipinski definition) is 0. The topological polar surface area (TPSA) is 78.4 Å². The molecule has 0 atom stereocenters. The molecule has 0 unspecified atom stereocenters. The number of hydrogen-bond acceptors (Lipinski definition) is 6. The van der Waals surface area contributed by atoms with Gasteiger partial charge in [0.15, 0.2) is 0 Å². The summed E-state index contributed by atoms with van der Waals surface area (Å²) in [6.07, 6.45) is 2.17. The molecule has 0 fully saturated rings. The minimum atomic E-state index is -0.379. The number of aromatic nitrogens is 2. The van der Waals surface area contributed by atoms with Gasteiger partial charge in [-0.2, -0.15) is 0 Å². The fourth-order valence-corrected chi connectivity index (χ4v) is 2.77. The molecule has 6 heteroatoms. The van der Waals surface area contributed by atoms with Gasteiger partial charge in [0, 0.05) is 22.6 Å². The summed E-state index contributed by atoms with van der Waals surface area (Å²) in [4.78, 5) is 11.8. The van der Waals surface area contributed by atoms with E-state index in [2.05, 4.69) is 17.1 Å². The number of benzene rings is 2. The van der Waals surface area contributed by atoms with Gasteiger partial charge in [0.25, 0.3) is 0 Å². The highest BCUT2D eigenvalue weighted by molar-refractivity contribution is 5.80. The molecule has 0 bridgehead atoms. The van der Waals surface area contributed by atoms with Crippen LogP contribution in [-0.2, 0) is 13.0 Å². The number of rotatable bonds is 5. The van der Waals surface area contributed by atoms with Crippen LogP contribution in [-0.4, -0.2) is 10.2 Å². The second-order valence-corrected chi connectivity index (χ2v) is 5.83. The highest BCUT2D eigenvalue weighted by atomic mass is 16.5. The van der Waals surface area contributed by atoms with Crippen LogP contribution in [0.4, 0.5) is 0 Å². The summed E-state index contributed by atoms with van der Waals surface area (Å²) in [7, 11) is 0. The third-order valence-electron chi connectivity index (χ3n) is 4.16. The standard InChI is InChI=1S/C20H16N2O4/c1-2-13-3-8-17-15(10-19(23)26-18(17)9-13)11-24-16-6-4-14(5-7-16)20-22-21-12-25-20/h3-10,12H,2,11H2,1H3. The zero-order valence-electron chi connectivity index (χ0n) is 14.1. The summed E-state index contributed by atoms with van der Waals surface area (Å²) < 4.78 is 16.3. The van der Waals surface area contributed by atoms with Crippen LogP contribution in [0.2, 0.25) is 0 Å². The first kappa shape index (κ1) is 16.1. The largest absolute Gasteiger partial charge is 0.489 e. The van der Waals surface area contributed by atoms with Gasteiger partial charge in [-0.3, -0.25) is 0 Å². The predicted octanol–water partition coefficient (Wildman–Crippen LogP) is 3.98. The van der Waals surface area contributed by atoms with Crippen LogP contribution in [0.1, 0.15) is 18.1 Å². The zero-order chi connectivity index (χ0) is 17.9. The van der Waals surface area contributed by atoms with E-state index >= 15 is 0 Å². The summed E-state index contributed by atoms with van der Waals surface area (Å²) in [6.45, 7) is 2.33. The van der Waals surface area contributed by atoms with E-state index in [-0.39, 0.29) is 12.2 Å². The Hall–Kier alpha value is -3.41. The lowest BCUT2D eigenvalue weighted by atomic mass is 10.1. The predicted molar refractivity (Wildman–Crippen MR) is 95.9 cm³/mol. The lowest BCUT2D eigenvalue weighted by molar-refractivity contribution is 0.306. The van der Waals surface area contributed by atoms with E-state index < -0.39 is 0 Å². The molecule has 0 aliphatic rings. The van der Waals surface area contributed by atoms with E-state index in [0.717, 1.165) is 28.5 Å². The van der Waals surface area contributed by atoms with E-state index in [0.29, 0.717) is 17.2 Å². The second kappa shape index (κ2) is 6.84. The van der Waals surface area contributed by atoms with Crippen molar-refractivity contribution in [1.82, 2.24) is 10.2 Å². The zero-order valence-corrected chi connectivity index (χ0v) is 14.1. The molecule has 0 spiro atoms. The first-order valence-corrected chi connectivity index (χ1v) is 8.28. The number of fused-ring (bicyclic) bond motifs is 1. The molecular formula is C20H16N2O4. The monoisotopic (exact) mass is 348 g/mol. The van der Waals surface area contributed by atoms with E-state index in [1.807, 2.05) is 42.5 Å². The van der Waals surface area contributed by atoms with Gasteiger partial charge >= 0.3 is 5.63 Å². The van der Waals surface area contributed by atoms with Crippen molar-refractivity contribution in [1.29, 1.82) is 0 Å². The third kappa shape index (κ3) is 3.21. The smallest absolute Gasteiger partial charge is 0.336 e. The SMILES string of the molecule is CCc1ccc2c(COc3ccc(-c4nnco4)cc3)cc(=O)oc2c1. The fraction of sp³-hybridized carbons (Fsp3) is 0.150. The van der Waals surface area contributed by atoms with E-state index in [1.54, 1.807) is 0 Å². The number of nitrogens with zero attached hydrogens (tertiary/aromatic N) is 2. The van der Waals surface area contributed by atoms with Crippen molar-refractivity contribution in [2.24, 2.45) is 0 Å². The number of ether oxygens (including phenoxy) is 1. The highest BCUT2D eigenvalue weighted by Crippen LogP contribution is 2.23. The maximum Gasteiger partial charge on any atom is 0.336 e. The van der Waals surface area contributed by atoms with Crippen molar-refractivity contribution in [2.45, 2.75) is 20.0 Å². The van der Waals surface area contributed by atoms with Gasteiger partial charge in [0.2, 0.25) is 12.3 Å². The van der Waals surface area contributed by atoms with Crippen molar-refractivity contribution < 1.29 is 13.6 Å².